The molecular weight excluding hydrogens is 462 g/mol. The van der Waals surface area contributed by atoms with E-state index in [1.807, 2.05) is 41.4 Å². The number of nitrogens with zero attached hydrogens (tertiary/aromatic N) is 3. The Bertz CT molecular complexity index is 1200. The minimum atomic E-state index is -0.842. The summed E-state index contributed by atoms with van der Waals surface area (Å²) in [7, 11) is 2.17. The molecule has 2 fully saturated rings. The average Bonchev–Trinajstić information content (AvgIpc) is 3.36. The quantitative estimate of drug-likeness (QED) is 0.570. The van der Waals surface area contributed by atoms with Gasteiger partial charge in [0.05, 0.1) is 0 Å². The minimum Gasteiger partial charge on any atom is -0.361 e. The molecule has 2 amide bonds. The molecule has 0 unspecified atom stereocenters. The lowest BCUT2D eigenvalue weighted by atomic mass is 10.0. The van der Waals surface area contributed by atoms with E-state index >= 15 is 0 Å². The Balaban J connectivity index is 1.31. The van der Waals surface area contributed by atoms with E-state index < -0.39 is 6.04 Å². The number of H-pyrrole nitrogens is 1. The van der Waals surface area contributed by atoms with Crippen molar-refractivity contribution < 1.29 is 9.59 Å². The number of halogens is 1. The van der Waals surface area contributed by atoms with Gasteiger partial charge in [0.1, 0.15) is 6.04 Å². The highest BCUT2D eigenvalue weighted by molar-refractivity contribution is 6.31. The van der Waals surface area contributed by atoms with E-state index in [0.717, 1.165) is 37.1 Å². The van der Waals surface area contributed by atoms with Crippen molar-refractivity contribution in [3.05, 3.63) is 70.9 Å². The first-order chi connectivity index (χ1) is 17.0. The van der Waals surface area contributed by atoms with Gasteiger partial charge in [-0.05, 0) is 62.6 Å². The lowest BCUT2D eigenvalue weighted by molar-refractivity contribution is -0.135. The lowest BCUT2D eigenvalue weighted by Crippen LogP contribution is -2.55. The summed E-state index contributed by atoms with van der Waals surface area (Å²) in [5.74, 6) is -0.417. The van der Waals surface area contributed by atoms with Crippen LogP contribution in [-0.2, 0) is 4.79 Å². The molecular formula is C27H32ClN5O2. The summed E-state index contributed by atoms with van der Waals surface area (Å²) in [4.78, 5) is 36.9. The molecule has 184 valence electrons. The first-order valence-corrected chi connectivity index (χ1v) is 12.7. The third-order valence-corrected chi connectivity index (χ3v) is 7.73. The lowest BCUT2D eigenvalue weighted by Gasteiger charge is -2.42. The van der Waals surface area contributed by atoms with Gasteiger partial charge in [-0.25, -0.2) is 0 Å². The molecule has 0 bridgehead atoms. The summed E-state index contributed by atoms with van der Waals surface area (Å²) in [6, 6.07) is 14.4. The van der Waals surface area contributed by atoms with Crippen LogP contribution in [0.4, 0.5) is 0 Å². The van der Waals surface area contributed by atoms with Gasteiger partial charge in [-0.3, -0.25) is 14.5 Å². The molecule has 2 aliphatic rings. The van der Waals surface area contributed by atoms with E-state index in [0.29, 0.717) is 35.3 Å². The molecule has 1 aromatic heterocycles. The highest BCUT2D eigenvalue weighted by Gasteiger charge is 2.33. The third kappa shape index (κ3) is 5.22. The van der Waals surface area contributed by atoms with Gasteiger partial charge in [0, 0.05) is 60.1 Å². The Morgan fingerprint density at radius 2 is 1.74 bits per heavy atom. The molecule has 0 radical (unpaired) electrons. The Morgan fingerprint density at radius 3 is 2.49 bits per heavy atom. The highest BCUT2D eigenvalue weighted by Crippen LogP contribution is 2.26. The van der Waals surface area contributed by atoms with Gasteiger partial charge >= 0.3 is 0 Å². The predicted octanol–water partition coefficient (Wildman–Crippen LogP) is 3.53. The van der Waals surface area contributed by atoms with Gasteiger partial charge < -0.3 is 20.1 Å². The number of rotatable bonds is 5. The molecule has 2 aliphatic heterocycles. The fourth-order valence-electron chi connectivity index (χ4n) is 5.24. The van der Waals surface area contributed by atoms with Crippen molar-refractivity contribution in [2.45, 2.75) is 24.9 Å². The zero-order chi connectivity index (χ0) is 24.4. The van der Waals surface area contributed by atoms with Crippen LogP contribution in [0.1, 0.15) is 34.8 Å². The maximum absolute atomic E-state index is 13.7. The summed E-state index contributed by atoms with van der Waals surface area (Å²) in [5.41, 5.74) is 1.99. The average molecular weight is 494 g/mol. The molecule has 0 spiro atoms. The summed E-state index contributed by atoms with van der Waals surface area (Å²) in [6.07, 6.45) is 4.19. The highest BCUT2D eigenvalue weighted by atomic mass is 35.5. The monoisotopic (exact) mass is 493 g/mol. The molecule has 3 heterocycles. The van der Waals surface area contributed by atoms with Gasteiger partial charge in [0.25, 0.3) is 5.91 Å². The summed E-state index contributed by atoms with van der Waals surface area (Å²) in [6.45, 7) is 5.25. The maximum atomic E-state index is 13.7. The zero-order valence-electron chi connectivity index (χ0n) is 20.0. The van der Waals surface area contributed by atoms with E-state index in [1.54, 1.807) is 18.2 Å². The minimum absolute atomic E-state index is 0.115. The van der Waals surface area contributed by atoms with Crippen LogP contribution >= 0.6 is 11.6 Å². The standard InChI is InChI=1S/C27H32ClN5O2/c1-31-12-9-21(10-13-31)32-14-16-33(17-15-32)27(35)25(22-4-2-3-5-23(22)28)30-26(34)20-7-6-19-8-11-29-24(19)18-20/h2-8,11,18,21,25,29H,9-10,12-17H2,1H3,(H,30,34)/t25-/m0/s1. The van der Waals surface area contributed by atoms with Gasteiger partial charge in [-0.15, -0.1) is 0 Å². The van der Waals surface area contributed by atoms with Crippen molar-refractivity contribution in [3.63, 3.8) is 0 Å². The number of aromatic nitrogens is 1. The SMILES string of the molecule is CN1CCC(N2CCN(C(=O)[C@@H](NC(=O)c3ccc4cc[nH]c4c3)c3ccccc3Cl)CC2)CC1. The number of piperazine rings is 1. The van der Waals surface area contributed by atoms with Crippen molar-refractivity contribution in [3.8, 4) is 0 Å². The predicted molar refractivity (Wildman–Crippen MR) is 139 cm³/mol. The molecule has 2 aromatic carbocycles. The zero-order valence-corrected chi connectivity index (χ0v) is 20.8. The smallest absolute Gasteiger partial charge is 0.252 e. The van der Waals surface area contributed by atoms with Gasteiger partial charge in [0.15, 0.2) is 0 Å². The van der Waals surface area contributed by atoms with Gasteiger partial charge in [-0.2, -0.15) is 0 Å². The Hall–Kier alpha value is -2.87. The first kappa shape index (κ1) is 23.9. The number of amides is 2. The van der Waals surface area contributed by atoms with Gasteiger partial charge in [0.2, 0.25) is 5.91 Å². The second-order valence-electron chi connectivity index (χ2n) is 9.60. The van der Waals surface area contributed by atoms with Crippen molar-refractivity contribution in [1.29, 1.82) is 0 Å². The largest absolute Gasteiger partial charge is 0.361 e. The number of hydrogen-bond donors (Lipinski definition) is 2. The van der Waals surface area contributed by atoms with Crippen LogP contribution in [0.15, 0.2) is 54.7 Å². The van der Waals surface area contributed by atoms with Crippen LogP contribution in [0.2, 0.25) is 5.02 Å². The number of hydrogen-bond acceptors (Lipinski definition) is 4. The van der Waals surface area contributed by atoms with Crippen LogP contribution in [0.25, 0.3) is 10.9 Å². The molecule has 5 rings (SSSR count). The van der Waals surface area contributed by atoms with E-state index in [9.17, 15) is 9.59 Å². The topological polar surface area (TPSA) is 71.7 Å². The molecule has 3 aromatic rings. The molecule has 2 N–H and O–H groups in total. The molecule has 7 nitrogen and oxygen atoms in total. The second kappa shape index (κ2) is 10.4. The Kier molecular flexibility index (Phi) is 7.09. The molecule has 8 heteroatoms. The number of likely N-dealkylation sites (tertiary alicyclic amines) is 1. The van der Waals surface area contributed by atoms with Crippen LogP contribution < -0.4 is 5.32 Å². The molecule has 35 heavy (non-hydrogen) atoms. The summed E-state index contributed by atoms with van der Waals surface area (Å²) >= 11 is 6.49. The maximum Gasteiger partial charge on any atom is 0.252 e. The van der Waals surface area contributed by atoms with Crippen LogP contribution in [-0.4, -0.2) is 83.9 Å². The van der Waals surface area contributed by atoms with Crippen LogP contribution in [0.3, 0.4) is 0 Å². The number of benzene rings is 2. The number of carbonyl (C=O) groups excluding carboxylic acids is 2. The Morgan fingerprint density at radius 1 is 1.00 bits per heavy atom. The van der Waals surface area contributed by atoms with Crippen molar-refractivity contribution >= 4 is 34.3 Å². The third-order valence-electron chi connectivity index (χ3n) is 7.39. The molecule has 1 atom stereocenters. The first-order valence-electron chi connectivity index (χ1n) is 12.3. The molecule has 2 saturated heterocycles. The number of piperidine rings is 1. The number of aromatic amines is 1. The Labute approximate surface area is 211 Å². The number of fused-ring (bicyclic) bond motifs is 1. The fraction of sp³-hybridized carbons (Fsp3) is 0.407. The van der Waals surface area contributed by atoms with Crippen LogP contribution in [0.5, 0.6) is 0 Å². The van der Waals surface area contributed by atoms with Gasteiger partial charge in [-0.1, -0.05) is 35.9 Å². The van der Waals surface area contributed by atoms with E-state index in [4.69, 9.17) is 11.6 Å². The van der Waals surface area contributed by atoms with E-state index in [2.05, 4.69) is 27.1 Å². The fourth-order valence-corrected chi connectivity index (χ4v) is 5.48. The van der Waals surface area contributed by atoms with Crippen molar-refractivity contribution in [2.24, 2.45) is 0 Å². The number of nitrogens with one attached hydrogen (secondary N) is 2. The van der Waals surface area contributed by atoms with E-state index in [1.165, 1.54) is 12.8 Å². The molecule has 0 saturated carbocycles. The summed E-state index contributed by atoms with van der Waals surface area (Å²) < 4.78 is 0. The number of carbonyl (C=O) groups is 2. The van der Waals surface area contributed by atoms with Crippen molar-refractivity contribution in [1.82, 2.24) is 25.0 Å². The molecule has 0 aliphatic carbocycles. The van der Waals surface area contributed by atoms with Crippen LogP contribution in [0, 0.1) is 0 Å². The van der Waals surface area contributed by atoms with Crippen molar-refractivity contribution in [2.75, 3.05) is 46.3 Å². The van der Waals surface area contributed by atoms with E-state index in [-0.39, 0.29) is 11.8 Å². The second-order valence-corrected chi connectivity index (χ2v) is 10.0. The normalized spacial score (nSPS) is 19.1. The summed E-state index contributed by atoms with van der Waals surface area (Å²) in [5, 5.41) is 4.48.